The number of nitrogens with zero attached hydrogens (tertiary/aromatic N) is 5. The number of rotatable bonds is 5. The van der Waals surface area contributed by atoms with Crippen LogP contribution in [-0.2, 0) is 14.1 Å². The quantitative estimate of drug-likeness (QED) is 0.456. The van der Waals surface area contributed by atoms with Gasteiger partial charge < -0.3 is 4.90 Å². The van der Waals surface area contributed by atoms with Crippen LogP contribution >= 0.6 is 11.6 Å². The minimum Gasteiger partial charge on any atom is -0.372 e. The van der Waals surface area contributed by atoms with Gasteiger partial charge in [-0.25, -0.2) is 9.13 Å². The van der Waals surface area contributed by atoms with Crippen molar-refractivity contribution in [2.45, 2.75) is 19.3 Å². The molecule has 0 spiro atoms. The Morgan fingerprint density at radius 2 is 1.88 bits per heavy atom. The van der Waals surface area contributed by atoms with Crippen LogP contribution in [0.4, 0.5) is 17.3 Å². The van der Waals surface area contributed by atoms with Gasteiger partial charge in [-0.1, -0.05) is 5.11 Å². The van der Waals surface area contributed by atoms with Gasteiger partial charge in [0.25, 0.3) is 0 Å². The van der Waals surface area contributed by atoms with Gasteiger partial charge in [0.15, 0.2) is 0 Å². The second-order valence-corrected chi connectivity index (χ2v) is 6.82. The maximum Gasteiger partial charge on any atom is 0.421 e. The van der Waals surface area contributed by atoms with E-state index in [-0.39, 0.29) is 0 Å². The van der Waals surface area contributed by atoms with E-state index in [0.29, 0.717) is 0 Å². The molecule has 1 aromatic heterocycles. The Bertz CT molecular complexity index is 664. The highest BCUT2D eigenvalue weighted by atomic mass is 35.5. The Labute approximate surface area is 148 Å². The first kappa shape index (κ1) is 17.0. The molecule has 5 nitrogen and oxygen atoms in total. The molecule has 6 heteroatoms. The molecule has 1 aliphatic rings. The lowest BCUT2D eigenvalue weighted by Crippen LogP contribution is -2.33. The second kappa shape index (κ2) is 7.79. The van der Waals surface area contributed by atoms with Gasteiger partial charge in [-0.2, -0.15) is 0 Å². The van der Waals surface area contributed by atoms with Crippen molar-refractivity contribution in [1.82, 2.24) is 4.57 Å². The first-order chi connectivity index (χ1) is 11.7. The van der Waals surface area contributed by atoms with Crippen LogP contribution in [0.5, 0.6) is 0 Å². The summed E-state index contributed by atoms with van der Waals surface area (Å²) in [6.07, 6.45) is 7.54. The van der Waals surface area contributed by atoms with Crippen molar-refractivity contribution in [2.75, 3.05) is 23.9 Å². The number of halogens is 1. The number of alkyl halides is 1. The van der Waals surface area contributed by atoms with Crippen LogP contribution in [0.3, 0.4) is 0 Å². The molecule has 0 saturated carbocycles. The average Bonchev–Trinajstić information content (AvgIpc) is 2.93. The summed E-state index contributed by atoms with van der Waals surface area (Å²) in [5.41, 5.74) is 2.14. The summed E-state index contributed by atoms with van der Waals surface area (Å²) in [6, 6.07) is 8.35. The summed E-state index contributed by atoms with van der Waals surface area (Å²) in [6.45, 7) is 2.23. The van der Waals surface area contributed by atoms with Gasteiger partial charge in [0, 0.05) is 29.8 Å². The third-order valence-electron chi connectivity index (χ3n) is 4.75. The van der Waals surface area contributed by atoms with Gasteiger partial charge in [0.2, 0.25) is 0 Å². The highest BCUT2D eigenvalue weighted by molar-refractivity contribution is 6.17. The summed E-state index contributed by atoms with van der Waals surface area (Å²) in [4.78, 5) is 2.45. The van der Waals surface area contributed by atoms with E-state index in [4.69, 9.17) is 11.6 Å². The van der Waals surface area contributed by atoms with Gasteiger partial charge in [0.1, 0.15) is 5.69 Å². The van der Waals surface area contributed by atoms with Crippen LogP contribution in [0, 0.1) is 5.92 Å². The molecular weight excluding hydrogens is 322 g/mol. The molecule has 128 valence electrons. The summed E-state index contributed by atoms with van der Waals surface area (Å²) in [7, 11) is 3.93. The monoisotopic (exact) mass is 346 g/mol. The molecule has 0 aliphatic carbocycles. The predicted molar refractivity (Wildman–Crippen MR) is 97.5 cm³/mol. The zero-order valence-electron chi connectivity index (χ0n) is 14.4. The van der Waals surface area contributed by atoms with Gasteiger partial charge in [-0.15, -0.1) is 11.6 Å². The van der Waals surface area contributed by atoms with Crippen molar-refractivity contribution in [3.05, 3.63) is 36.7 Å². The number of piperidine rings is 1. The molecule has 1 saturated heterocycles. The SMILES string of the molecule is Cn1cc[n+](C)c1/N=N/c1ccc(N2CCC(CCCl)CC2)cc1. The Morgan fingerprint density at radius 3 is 2.46 bits per heavy atom. The van der Waals surface area contributed by atoms with Crippen molar-refractivity contribution in [3.8, 4) is 0 Å². The molecule has 0 bridgehead atoms. The number of anilines is 1. The Hall–Kier alpha value is -1.88. The first-order valence-electron chi connectivity index (χ1n) is 8.51. The smallest absolute Gasteiger partial charge is 0.372 e. The molecule has 1 aromatic carbocycles. The van der Waals surface area contributed by atoms with Gasteiger partial charge in [-0.05, 0) is 49.4 Å². The van der Waals surface area contributed by atoms with E-state index < -0.39 is 0 Å². The summed E-state index contributed by atoms with van der Waals surface area (Å²) < 4.78 is 3.89. The lowest BCUT2D eigenvalue weighted by atomic mass is 9.94. The minimum atomic E-state index is 0.781. The molecule has 0 N–H and O–H groups in total. The molecule has 2 aromatic rings. The number of imidazole rings is 1. The maximum atomic E-state index is 5.86. The van der Waals surface area contributed by atoms with Crippen LogP contribution in [0.1, 0.15) is 19.3 Å². The Morgan fingerprint density at radius 1 is 1.17 bits per heavy atom. The Balaban J connectivity index is 1.62. The topological polar surface area (TPSA) is 36.8 Å². The zero-order valence-corrected chi connectivity index (χ0v) is 15.2. The minimum absolute atomic E-state index is 0.781. The van der Waals surface area contributed by atoms with Crippen molar-refractivity contribution in [3.63, 3.8) is 0 Å². The number of benzene rings is 1. The maximum absolute atomic E-state index is 5.86. The van der Waals surface area contributed by atoms with Gasteiger partial charge in [-0.3, -0.25) is 0 Å². The Kier molecular flexibility index (Phi) is 5.51. The lowest BCUT2D eigenvalue weighted by Gasteiger charge is -2.33. The third kappa shape index (κ3) is 3.96. The molecule has 0 unspecified atom stereocenters. The molecule has 2 heterocycles. The van der Waals surface area contributed by atoms with Crippen LogP contribution in [0.2, 0.25) is 0 Å². The predicted octanol–water partition coefficient (Wildman–Crippen LogP) is 4.11. The fraction of sp³-hybridized carbons (Fsp3) is 0.500. The fourth-order valence-electron chi connectivity index (χ4n) is 3.19. The van der Waals surface area contributed by atoms with Crippen LogP contribution in [-0.4, -0.2) is 23.5 Å². The van der Waals surface area contributed by atoms with Crippen LogP contribution < -0.4 is 9.47 Å². The summed E-state index contributed by atoms with van der Waals surface area (Å²) in [5, 5.41) is 8.68. The van der Waals surface area contributed by atoms with E-state index in [1.165, 1.54) is 18.5 Å². The number of hydrogen-bond acceptors (Lipinski definition) is 3. The van der Waals surface area contributed by atoms with E-state index in [9.17, 15) is 0 Å². The summed E-state index contributed by atoms with van der Waals surface area (Å²) >= 11 is 5.86. The average molecular weight is 347 g/mol. The first-order valence-corrected chi connectivity index (χ1v) is 9.04. The van der Waals surface area contributed by atoms with Crippen LogP contribution in [0.15, 0.2) is 46.9 Å². The van der Waals surface area contributed by atoms with E-state index in [1.807, 2.05) is 47.8 Å². The summed E-state index contributed by atoms with van der Waals surface area (Å²) in [5.74, 6) is 2.39. The molecule has 24 heavy (non-hydrogen) atoms. The van der Waals surface area contributed by atoms with Crippen molar-refractivity contribution >= 4 is 28.9 Å². The zero-order chi connectivity index (χ0) is 16.9. The largest absolute Gasteiger partial charge is 0.421 e. The fourth-order valence-corrected chi connectivity index (χ4v) is 3.50. The van der Waals surface area contributed by atoms with Crippen molar-refractivity contribution in [2.24, 2.45) is 30.2 Å². The molecule has 1 fully saturated rings. The second-order valence-electron chi connectivity index (χ2n) is 6.44. The molecule has 1 aliphatic heterocycles. The molecule has 0 radical (unpaired) electrons. The number of azo groups is 1. The lowest BCUT2D eigenvalue weighted by molar-refractivity contribution is -0.657. The van der Waals surface area contributed by atoms with Crippen molar-refractivity contribution in [1.29, 1.82) is 0 Å². The number of aromatic nitrogens is 2. The molecule has 0 amide bonds. The van der Waals surface area contributed by atoms with E-state index >= 15 is 0 Å². The molecular formula is C18H25ClN5+. The highest BCUT2D eigenvalue weighted by Gasteiger charge is 2.19. The van der Waals surface area contributed by atoms with Crippen LogP contribution in [0.25, 0.3) is 0 Å². The standard InChI is InChI=1S/C18H25ClN5/c1-22-13-14-23(2)18(22)21-20-16-3-5-17(6-4-16)24-11-8-15(7-10-19)9-12-24/h3-6,13-15H,7-12H2,1-2H3/q+1. The van der Waals surface area contributed by atoms with E-state index in [0.717, 1.165) is 42.9 Å². The third-order valence-corrected chi connectivity index (χ3v) is 4.96. The normalized spacial score (nSPS) is 16.2. The van der Waals surface area contributed by atoms with Gasteiger partial charge >= 0.3 is 5.95 Å². The number of hydrogen-bond donors (Lipinski definition) is 0. The van der Waals surface area contributed by atoms with Gasteiger partial charge in [0.05, 0.1) is 26.5 Å². The van der Waals surface area contributed by atoms with E-state index in [2.05, 4.69) is 27.3 Å². The molecule has 3 rings (SSSR count). The highest BCUT2D eigenvalue weighted by Crippen LogP contribution is 2.27. The number of aryl methyl sites for hydroxylation is 2. The van der Waals surface area contributed by atoms with E-state index in [1.54, 1.807) is 0 Å². The molecule has 0 atom stereocenters. The van der Waals surface area contributed by atoms with Crippen molar-refractivity contribution < 1.29 is 4.57 Å².